The monoisotopic (exact) mass is 549 g/mol. The highest BCUT2D eigenvalue weighted by molar-refractivity contribution is 6.31. The maximum Gasteiger partial charge on any atom is 0.422 e. The summed E-state index contributed by atoms with van der Waals surface area (Å²) in [6.07, 6.45) is 1.83. The Hall–Kier alpha value is -4.08. The number of hydrogen-bond acceptors (Lipinski definition) is 5. The minimum atomic E-state index is -0.872. The number of hydrogen-bond donors (Lipinski definition) is 1. The number of ether oxygens (including phenoxy) is 1. The lowest BCUT2D eigenvalue weighted by Gasteiger charge is -2.44. The van der Waals surface area contributed by atoms with E-state index >= 15 is 0 Å². The third-order valence-corrected chi connectivity index (χ3v) is 7.52. The Morgan fingerprint density at radius 3 is 2.46 bits per heavy atom. The van der Waals surface area contributed by atoms with Crippen LogP contribution >= 0.6 is 11.6 Å². The first-order valence-electron chi connectivity index (χ1n) is 12.4. The molecule has 0 aliphatic carbocycles. The molecule has 7 nitrogen and oxygen atoms in total. The van der Waals surface area contributed by atoms with Crippen LogP contribution in [0.3, 0.4) is 0 Å². The molecule has 10 heteroatoms. The summed E-state index contributed by atoms with van der Waals surface area (Å²) in [7, 11) is 0. The topological polar surface area (TPSA) is 80.6 Å². The Bertz CT molecular complexity index is 1640. The summed E-state index contributed by atoms with van der Waals surface area (Å²) in [5.41, 5.74) is 0.836. The van der Waals surface area contributed by atoms with Gasteiger partial charge in [0.1, 0.15) is 17.2 Å². The molecule has 4 aromatic rings. The van der Waals surface area contributed by atoms with E-state index in [1.165, 1.54) is 10.8 Å². The van der Waals surface area contributed by atoms with Crippen molar-refractivity contribution in [2.24, 2.45) is 0 Å². The predicted octanol–water partition coefficient (Wildman–Crippen LogP) is 5.83. The summed E-state index contributed by atoms with van der Waals surface area (Å²) in [5, 5.41) is 4.08. The molecule has 0 bridgehead atoms. The molecule has 1 spiro atoms. The number of nitrogens with zero attached hydrogens (tertiary/aromatic N) is 2. The molecule has 0 atom stereocenters. The molecule has 6 rings (SSSR count). The molecular formula is C29H22ClF2N3O4. The molecule has 1 saturated heterocycles. The number of fused-ring (bicyclic) bond motifs is 3. The van der Waals surface area contributed by atoms with Gasteiger partial charge in [0, 0.05) is 46.6 Å². The molecule has 3 aromatic carbocycles. The maximum absolute atomic E-state index is 14.0. The highest BCUT2D eigenvalue weighted by atomic mass is 35.5. The van der Waals surface area contributed by atoms with Crippen molar-refractivity contribution in [1.29, 1.82) is 0 Å². The van der Waals surface area contributed by atoms with Crippen molar-refractivity contribution in [3.8, 4) is 0 Å². The van der Waals surface area contributed by atoms with Crippen LogP contribution in [0.2, 0.25) is 5.02 Å². The van der Waals surface area contributed by atoms with Crippen LogP contribution in [0.5, 0.6) is 0 Å². The largest absolute Gasteiger partial charge is 0.437 e. The van der Waals surface area contributed by atoms with Gasteiger partial charge < -0.3 is 14.6 Å². The average molecular weight is 550 g/mol. The van der Waals surface area contributed by atoms with Crippen molar-refractivity contribution in [3.63, 3.8) is 0 Å². The van der Waals surface area contributed by atoms with E-state index in [1.807, 2.05) is 12.1 Å². The molecule has 198 valence electrons. The first-order valence-corrected chi connectivity index (χ1v) is 12.8. The van der Waals surface area contributed by atoms with Gasteiger partial charge in [0.15, 0.2) is 5.78 Å². The van der Waals surface area contributed by atoms with Gasteiger partial charge in [-0.3, -0.25) is 9.59 Å². The second-order valence-electron chi connectivity index (χ2n) is 9.68. The van der Waals surface area contributed by atoms with E-state index in [9.17, 15) is 23.2 Å². The van der Waals surface area contributed by atoms with Crippen LogP contribution in [0.25, 0.3) is 10.9 Å². The standard InChI is InChI=1S/C29H22ClF2N3O4/c30-18-5-6-21-22(15-34(25(21)13-18)16-26(36)17-11-19(31)14-20(32)12-17)27(37)35-24-4-2-1-3-23(24)29(39-28(35)38)7-9-33-10-8-29/h1-6,11-15,33H,7-10,16H2. The summed E-state index contributed by atoms with van der Waals surface area (Å²) in [6, 6.07) is 14.6. The summed E-state index contributed by atoms with van der Waals surface area (Å²) in [5.74, 6) is -2.95. The Morgan fingerprint density at radius 1 is 1.00 bits per heavy atom. The fraction of sp³-hybridized carbons (Fsp3) is 0.207. The van der Waals surface area contributed by atoms with E-state index in [0.29, 0.717) is 53.6 Å². The van der Waals surface area contributed by atoms with Crippen molar-refractivity contribution in [3.05, 3.63) is 100 Å². The van der Waals surface area contributed by atoms with Crippen molar-refractivity contribution in [2.45, 2.75) is 25.0 Å². The normalized spacial score (nSPS) is 16.3. The Kier molecular flexibility index (Phi) is 6.20. The zero-order valence-electron chi connectivity index (χ0n) is 20.5. The Balaban J connectivity index is 1.41. The highest BCUT2D eigenvalue weighted by Crippen LogP contribution is 2.45. The molecule has 2 aliphatic rings. The number of anilines is 1. The molecular weight excluding hydrogens is 528 g/mol. The van der Waals surface area contributed by atoms with E-state index in [2.05, 4.69) is 5.32 Å². The number of ketones is 1. The van der Waals surface area contributed by atoms with Crippen LogP contribution in [0.4, 0.5) is 19.3 Å². The van der Waals surface area contributed by atoms with E-state index in [4.69, 9.17) is 16.3 Å². The van der Waals surface area contributed by atoms with Crippen LogP contribution in [-0.4, -0.2) is 35.4 Å². The fourth-order valence-corrected chi connectivity index (χ4v) is 5.63. The smallest absolute Gasteiger partial charge is 0.422 e. The molecule has 2 amide bonds. The predicted molar refractivity (Wildman–Crippen MR) is 141 cm³/mol. The van der Waals surface area contributed by atoms with E-state index in [1.54, 1.807) is 30.3 Å². The van der Waals surface area contributed by atoms with Gasteiger partial charge in [-0.05, 0) is 43.4 Å². The van der Waals surface area contributed by atoms with Gasteiger partial charge >= 0.3 is 6.09 Å². The molecule has 1 aromatic heterocycles. The number of benzene rings is 3. The van der Waals surface area contributed by atoms with Gasteiger partial charge in [-0.2, -0.15) is 0 Å². The van der Waals surface area contributed by atoms with Gasteiger partial charge in [0.2, 0.25) is 0 Å². The second-order valence-corrected chi connectivity index (χ2v) is 10.1. The molecule has 1 fully saturated rings. The molecule has 1 N–H and O–H groups in total. The SMILES string of the molecule is O=C(Cn1cc(C(=O)N2C(=O)OC3(CCNCC3)c3ccccc32)c2ccc(Cl)cc21)c1cc(F)cc(F)c1. The van der Waals surface area contributed by atoms with Gasteiger partial charge in [-0.15, -0.1) is 0 Å². The average Bonchev–Trinajstić information content (AvgIpc) is 3.26. The number of Topliss-reactive ketones (excluding diaryl/α,β-unsaturated/α-hetero) is 1. The zero-order chi connectivity index (χ0) is 27.3. The molecule has 0 radical (unpaired) electrons. The number of para-hydroxylation sites is 1. The number of carbonyl (C=O) groups is 3. The van der Waals surface area contributed by atoms with E-state index in [0.717, 1.165) is 22.6 Å². The molecule has 0 saturated carbocycles. The second kappa shape index (κ2) is 9.59. The van der Waals surface area contributed by atoms with Crippen LogP contribution in [0.15, 0.2) is 66.9 Å². The van der Waals surface area contributed by atoms with Gasteiger partial charge in [0.05, 0.1) is 23.3 Å². The van der Waals surface area contributed by atoms with Crippen LogP contribution in [0, 0.1) is 11.6 Å². The number of rotatable bonds is 4. The molecule has 2 aliphatic heterocycles. The number of halogens is 3. The van der Waals surface area contributed by atoms with E-state index < -0.39 is 35.0 Å². The fourth-order valence-electron chi connectivity index (χ4n) is 5.46. The Labute approximate surface area is 226 Å². The molecule has 39 heavy (non-hydrogen) atoms. The van der Waals surface area contributed by atoms with Gasteiger partial charge in [0.25, 0.3) is 5.91 Å². The van der Waals surface area contributed by atoms with Crippen molar-refractivity contribution < 1.29 is 27.9 Å². The summed E-state index contributed by atoms with van der Waals surface area (Å²) in [6.45, 7) is 1.03. The molecule has 0 unspecified atom stereocenters. The quantitative estimate of drug-likeness (QED) is 0.324. The highest BCUT2D eigenvalue weighted by Gasteiger charge is 2.47. The number of nitrogens with one attached hydrogen (secondary N) is 1. The van der Waals surface area contributed by atoms with Gasteiger partial charge in [-0.1, -0.05) is 35.9 Å². The Morgan fingerprint density at radius 2 is 1.72 bits per heavy atom. The first kappa shape index (κ1) is 25.2. The number of amides is 2. The summed E-state index contributed by atoms with van der Waals surface area (Å²) >= 11 is 6.22. The first-order chi connectivity index (χ1) is 18.8. The number of piperidine rings is 1. The van der Waals surface area contributed by atoms with Gasteiger partial charge in [-0.25, -0.2) is 18.5 Å². The maximum atomic E-state index is 14.0. The van der Waals surface area contributed by atoms with Crippen LogP contribution in [-0.2, 0) is 16.9 Å². The minimum absolute atomic E-state index is 0.146. The number of carbonyl (C=O) groups excluding carboxylic acids is 3. The van der Waals surface area contributed by atoms with Crippen molar-refractivity contribution >= 4 is 46.0 Å². The lowest BCUT2D eigenvalue weighted by molar-refractivity contribution is -0.0170. The number of imide groups is 1. The van der Waals surface area contributed by atoms with Crippen LogP contribution in [0.1, 0.15) is 39.1 Å². The summed E-state index contributed by atoms with van der Waals surface area (Å²) in [4.78, 5) is 41.3. The summed E-state index contributed by atoms with van der Waals surface area (Å²) < 4.78 is 34.9. The molecule has 3 heterocycles. The third kappa shape index (κ3) is 4.37. The van der Waals surface area contributed by atoms with Crippen molar-refractivity contribution in [1.82, 2.24) is 9.88 Å². The number of aromatic nitrogens is 1. The minimum Gasteiger partial charge on any atom is -0.437 e. The lowest BCUT2D eigenvalue weighted by Crippen LogP contribution is -2.52. The van der Waals surface area contributed by atoms with E-state index in [-0.39, 0.29) is 17.7 Å². The third-order valence-electron chi connectivity index (χ3n) is 7.29. The zero-order valence-corrected chi connectivity index (χ0v) is 21.3. The van der Waals surface area contributed by atoms with Crippen LogP contribution < -0.4 is 10.2 Å². The van der Waals surface area contributed by atoms with Crippen molar-refractivity contribution in [2.75, 3.05) is 18.0 Å². The lowest BCUT2D eigenvalue weighted by atomic mass is 9.82.